The molecule has 1 atom stereocenters. The minimum atomic E-state index is -4.68. The number of ketones is 1. The van der Waals surface area contributed by atoms with Crippen LogP contribution in [0.3, 0.4) is 0 Å². The minimum absolute atomic E-state index is 0.00651. The first-order valence-corrected chi connectivity index (χ1v) is 14.5. The van der Waals surface area contributed by atoms with Crippen LogP contribution in [0.25, 0.3) is 0 Å². The molecule has 10 heteroatoms. The van der Waals surface area contributed by atoms with Crippen molar-refractivity contribution in [2.24, 2.45) is 5.16 Å². The van der Waals surface area contributed by atoms with Gasteiger partial charge in [-0.3, -0.25) is 4.79 Å². The van der Waals surface area contributed by atoms with Crippen LogP contribution in [0.5, 0.6) is 0 Å². The number of alkyl halides is 3. The number of thiophene rings is 1. The molecular weight excluding hydrogens is 615 g/mol. The zero-order valence-corrected chi connectivity index (χ0v) is 24.2. The fraction of sp³-hybridized carbons (Fsp3) is 0.310. The zero-order chi connectivity index (χ0) is 28.2. The molecule has 0 spiro atoms. The van der Waals surface area contributed by atoms with E-state index in [0.717, 1.165) is 18.1 Å². The molecule has 0 radical (unpaired) electrons. The van der Waals surface area contributed by atoms with E-state index in [4.69, 9.17) is 16.4 Å². The van der Waals surface area contributed by atoms with Crippen molar-refractivity contribution in [2.45, 2.75) is 57.2 Å². The summed E-state index contributed by atoms with van der Waals surface area (Å²) in [7, 11) is 0. The normalized spacial score (nSPS) is 18.5. The van der Waals surface area contributed by atoms with Gasteiger partial charge in [0.2, 0.25) is 0 Å². The van der Waals surface area contributed by atoms with E-state index in [2.05, 4.69) is 21.1 Å². The molecule has 0 bridgehead atoms. The standard InChI is InChI=1S/C29H26BrClF3NO3S/c1-2-3-11-23(35-38-16-18-12-13-39-17-18)26-24(36)14-28(15-25(26)37,21-9-6-10-22(31)27(21)30)19-7-4-5-8-20(19)29(32,33)34/h4-10,12-13,17,36H,2-3,11,14-16H2,1H3. The summed E-state index contributed by atoms with van der Waals surface area (Å²) in [6.45, 7) is 2.18. The second kappa shape index (κ2) is 12.3. The smallest absolute Gasteiger partial charge is 0.416 e. The lowest BCUT2D eigenvalue weighted by atomic mass is 9.63. The number of carbonyl (C=O) groups is 1. The molecule has 39 heavy (non-hydrogen) atoms. The number of nitrogens with zero attached hydrogens (tertiary/aromatic N) is 1. The van der Waals surface area contributed by atoms with Crippen LogP contribution in [0, 0.1) is 0 Å². The Bertz CT molecular complexity index is 1410. The average Bonchev–Trinajstić information content (AvgIpc) is 3.41. The Morgan fingerprint density at radius 2 is 1.90 bits per heavy atom. The number of unbranched alkanes of at least 4 members (excludes halogenated alkanes) is 1. The van der Waals surface area contributed by atoms with Crippen LogP contribution >= 0.6 is 38.9 Å². The molecule has 1 aliphatic carbocycles. The zero-order valence-electron chi connectivity index (χ0n) is 21.0. The van der Waals surface area contributed by atoms with Crippen molar-refractivity contribution in [3.63, 3.8) is 0 Å². The third-order valence-electron chi connectivity index (χ3n) is 6.76. The first kappa shape index (κ1) is 29.4. The van der Waals surface area contributed by atoms with Crippen LogP contribution in [0.2, 0.25) is 5.02 Å². The highest BCUT2D eigenvalue weighted by Crippen LogP contribution is 2.51. The van der Waals surface area contributed by atoms with Crippen LogP contribution < -0.4 is 0 Å². The number of carbonyl (C=O) groups excluding carboxylic acids is 1. The van der Waals surface area contributed by atoms with Gasteiger partial charge in [0.25, 0.3) is 0 Å². The van der Waals surface area contributed by atoms with Crippen molar-refractivity contribution in [2.75, 3.05) is 0 Å². The van der Waals surface area contributed by atoms with Gasteiger partial charge in [-0.15, -0.1) is 0 Å². The summed E-state index contributed by atoms with van der Waals surface area (Å²) in [5, 5.41) is 19.7. The highest BCUT2D eigenvalue weighted by atomic mass is 79.9. The topological polar surface area (TPSA) is 58.9 Å². The summed E-state index contributed by atoms with van der Waals surface area (Å²) in [5.74, 6) is -0.847. The number of Topliss-reactive ketones (excluding diaryl/α,β-unsaturated/α-hetero) is 1. The van der Waals surface area contributed by atoms with E-state index < -0.39 is 22.9 Å². The van der Waals surface area contributed by atoms with Crippen LogP contribution in [0.4, 0.5) is 13.2 Å². The summed E-state index contributed by atoms with van der Waals surface area (Å²) < 4.78 is 43.1. The van der Waals surface area contributed by atoms with E-state index in [-0.39, 0.29) is 47.1 Å². The van der Waals surface area contributed by atoms with Gasteiger partial charge in [0, 0.05) is 28.3 Å². The van der Waals surface area contributed by atoms with E-state index in [1.165, 1.54) is 29.5 Å². The van der Waals surface area contributed by atoms with Crippen molar-refractivity contribution in [3.8, 4) is 0 Å². The quantitative estimate of drug-likeness (QED) is 0.187. The van der Waals surface area contributed by atoms with Crippen molar-refractivity contribution >= 4 is 50.4 Å². The number of allylic oxidation sites excluding steroid dienone is 2. The van der Waals surface area contributed by atoms with Gasteiger partial charge in [-0.1, -0.05) is 60.4 Å². The molecule has 0 saturated carbocycles. The molecular formula is C29H26BrClF3NO3S. The Kier molecular flexibility index (Phi) is 9.24. The van der Waals surface area contributed by atoms with Gasteiger partial charge >= 0.3 is 6.18 Å². The molecule has 0 saturated heterocycles. The molecule has 0 aliphatic heterocycles. The second-order valence-electron chi connectivity index (χ2n) is 9.37. The number of aliphatic hydroxyl groups is 1. The molecule has 3 aromatic rings. The minimum Gasteiger partial charge on any atom is -0.511 e. The lowest BCUT2D eigenvalue weighted by molar-refractivity contribution is -0.139. The summed E-state index contributed by atoms with van der Waals surface area (Å²) in [5.41, 5.74) is -0.926. The number of halogens is 5. The van der Waals surface area contributed by atoms with Crippen molar-refractivity contribution in [3.05, 3.63) is 102 Å². The molecule has 1 N–H and O–H groups in total. The fourth-order valence-corrected chi connectivity index (χ4v) is 6.43. The highest BCUT2D eigenvalue weighted by Gasteiger charge is 2.49. The SMILES string of the molecule is CCCCC(=NOCc1ccsc1)C1=C(O)CC(c2ccccc2C(F)(F)F)(c2cccc(Cl)c2Br)CC1=O. The summed E-state index contributed by atoms with van der Waals surface area (Å²) in [6, 6.07) is 11.9. The predicted octanol–water partition coefficient (Wildman–Crippen LogP) is 9.41. The number of aliphatic hydroxyl groups excluding tert-OH is 1. The number of hydrogen-bond acceptors (Lipinski definition) is 5. The van der Waals surface area contributed by atoms with Crippen LogP contribution in [0.1, 0.15) is 61.3 Å². The molecule has 4 rings (SSSR count). The maximum atomic E-state index is 14.2. The van der Waals surface area contributed by atoms with Crippen molar-refractivity contribution < 1.29 is 27.9 Å². The lowest BCUT2D eigenvalue weighted by Gasteiger charge is -2.40. The second-order valence-corrected chi connectivity index (χ2v) is 11.4. The summed E-state index contributed by atoms with van der Waals surface area (Å²) in [6.07, 6.45) is -3.39. The van der Waals surface area contributed by atoms with E-state index in [1.54, 1.807) is 18.2 Å². The van der Waals surface area contributed by atoms with Gasteiger partial charge in [-0.2, -0.15) is 24.5 Å². The molecule has 1 aliphatic rings. The maximum absolute atomic E-state index is 14.2. The fourth-order valence-electron chi connectivity index (χ4n) is 4.95. The molecule has 0 fully saturated rings. The summed E-state index contributed by atoms with van der Waals surface area (Å²) >= 11 is 11.3. The number of rotatable bonds is 9. The average molecular weight is 641 g/mol. The summed E-state index contributed by atoms with van der Waals surface area (Å²) in [4.78, 5) is 19.4. The number of hydrogen-bond donors (Lipinski definition) is 1. The van der Waals surface area contributed by atoms with E-state index in [1.807, 2.05) is 23.8 Å². The van der Waals surface area contributed by atoms with Gasteiger partial charge in [-0.25, -0.2) is 0 Å². The number of benzene rings is 2. The number of oxime groups is 1. The Morgan fingerprint density at radius 3 is 2.56 bits per heavy atom. The van der Waals surface area contributed by atoms with E-state index >= 15 is 0 Å². The third kappa shape index (κ3) is 6.26. The first-order valence-electron chi connectivity index (χ1n) is 12.3. The Labute approximate surface area is 242 Å². The van der Waals surface area contributed by atoms with Crippen molar-refractivity contribution in [1.82, 2.24) is 0 Å². The highest BCUT2D eigenvalue weighted by molar-refractivity contribution is 9.10. The monoisotopic (exact) mass is 639 g/mol. The predicted molar refractivity (Wildman–Crippen MR) is 151 cm³/mol. The first-order chi connectivity index (χ1) is 18.6. The molecule has 206 valence electrons. The largest absolute Gasteiger partial charge is 0.511 e. The molecule has 1 aromatic heterocycles. The van der Waals surface area contributed by atoms with Gasteiger partial charge in [0.05, 0.1) is 21.9 Å². The molecule has 1 heterocycles. The Morgan fingerprint density at radius 1 is 1.15 bits per heavy atom. The van der Waals surface area contributed by atoms with Crippen LogP contribution in [0.15, 0.2) is 80.3 Å². The van der Waals surface area contributed by atoms with Gasteiger partial charge in [-0.05, 0) is 68.9 Å². The lowest BCUT2D eigenvalue weighted by Crippen LogP contribution is -2.39. The van der Waals surface area contributed by atoms with Crippen molar-refractivity contribution in [1.29, 1.82) is 0 Å². The molecule has 4 nitrogen and oxygen atoms in total. The van der Waals surface area contributed by atoms with Gasteiger partial charge in [0.1, 0.15) is 12.4 Å². The van der Waals surface area contributed by atoms with Crippen LogP contribution in [-0.4, -0.2) is 16.6 Å². The van der Waals surface area contributed by atoms with Crippen LogP contribution in [-0.2, 0) is 27.8 Å². The van der Waals surface area contributed by atoms with E-state index in [0.29, 0.717) is 22.9 Å². The van der Waals surface area contributed by atoms with Gasteiger partial charge in [0.15, 0.2) is 5.78 Å². The Balaban J connectivity index is 1.86. The van der Waals surface area contributed by atoms with Gasteiger partial charge < -0.3 is 9.94 Å². The molecule has 1 unspecified atom stereocenters. The Hall–Kier alpha value is -2.62. The third-order valence-corrected chi connectivity index (χ3v) is 8.89. The molecule has 0 amide bonds. The molecule has 2 aromatic carbocycles. The van der Waals surface area contributed by atoms with E-state index in [9.17, 15) is 23.1 Å². The maximum Gasteiger partial charge on any atom is 0.416 e.